The molecular weight excluding hydrogens is 353 g/mol. The Hall–Kier alpha value is -2.57. The van der Waals surface area contributed by atoms with Crippen molar-refractivity contribution in [3.63, 3.8) is 0 Å². The van der Waals surface area contributed by atoms with Crippen molar-refractivity contribution in [2.45, 2.75) is 51.7 Å². The number of nitrogen functional groups attached to an aromatic ring is 1. The lowest BCUT2D eigenvalue weighted by atomic mass is 9.95. The minimum Gasteiger partial charge on any atom is -0.383 e. The fourth-order valence-electron chi connectivity index (χ4n) is 3.29. The van der Waals surface area contributed by atoms with E-state index >= 15 is 0 Å². The number of allylic oxidation sites excluding steroid dienone is 2. The molecule has 0 atom stereocenters. The number of alkyl halides is 3. The lowest BCUT2D eigenvalue weighted by Gasteiger charge is -2.19. The fraction of sp³-hybridized carbons (Fsp3) is 0.400. The summed E-state index contributed by atoms with van der Waals surface area (Å²) in [5.41, 5.74) is 7.49. The first-order valence-electron chi connectivity index (χ1n) is 9.06. The number of hydrogen-bond donors (Lipinski definition) is 2. The molecule has 27 heavy (non-hydrogen) atoms. The zero-order valence-electron chi connectivity index (χ0n) is 15.4. The van der Waals surface area contributed by atoms with Gasteiger partial charge in [-0.25, -0.2) is 9.97 Å². The van der Waals surface area contributed by atoms with Crippen molar-refractivity contribution in [3.8, 4) is 11.3 Å². The maximum absolute atomic E-state index is 13.5. The number of nitrogens with zero attached hydrogens (tertiary/aromatic N) is 2. The largest absolute Gasteiger partial charge is 0.417 e. The lowest BCUT2D eigenvalue weighted by molar-refractivity contribution is -0.137. The topological polar surface area (TPSA) is 63.8 Å². The molecule has 1 aliphatic carbocycles. The highest BCUT2D eigenvalue weighted by Crippen LogP contribution is 2.40. The zero-order chi connectivity index (χ0) is 19.6. The van der Waals surface area contributed by atoms with Gasteiger partial charge in [0.05, 0.1) is 22.5 Å². The Morgan fingerprint density at radius 1 is 1.15 bits per heavy atom. The standard InChI is InChI=1S/C20H23F3N4/c1-12(2)26-14-10-16(13-6-4-3-5-7-13)27-17(11-14)18-15(20(21,22)23)8-9-25-19(18)24/h6,8-12H,3-5,7H2,1-2H3,(H2,24,25)(H,26,27). The van der Waals surface area contributed by atoms with Crippen LogP contribution in [0.5, 0.6) is 0 Å². The predicted octanol–water partition coefficient (Wildman–Crippen LogP) is 5.52. The number of hydrogen-bond acceptors (Lipinski definition) is 4. The molecule has 4 nitrogen and oxygen atoms in total. The van der Waals surface area contributed by atoms with E-state index in [0.717, 1.165) is 43.5 Å². The van der Waals surface area contributed by atoms with Crippen LogP contribution in [-0.4, -0.2) is 16.0 Å². The van der Waals surface area contributed by atoms with Crippen LogP contribution in [0, 0.1) is 0 Å². The summed E-state index contributed by atoms with van der Waals surface area (Å²) >= 11 is 0. The summed E-state index contributed by atoms with van der Waals surface area (Å²) < 4.78 is 40.6. The number of nitrogens with one attached hydrogen (secondary N) is 1. The molecule has 0 bridgehead atoms. The summed E-state index contributed by atoms with van der Waals surface area (Å²) in [6, 6.07) is 4.56. The van der Waals surface area contributed by atoms with Crippen LogP contribution in [0.3, 0.4) is 0 Å². The van der Waals surface area contributed by atoms with Crippen molar-refractivity contribution < 1.29 is 13.2 Å². The minimum absolute atomic E-state index is 0.127. The first-order chi connectivity index (χ1) is 12.8. The summed E-state index contributed by atoms with van der Waals surface area (Å²) in [6.07, 6.45) is 2.64. The van der Waals surface area contributed by atoms with Crippen LogP contribution in [0.15, 0.2) is 30.5 Å². The Balaban J connectivity index is 2.20. The molecule has 1 aliphatic rings. The van der Waals surface area contributed by atoms with Crippen LogP contribution in [-0.2, 0) is 6.18 Å². The number of anilines is 2. The Morgan fingerprint density at radius 2 is 1.89 bits per heavy atom. The summed E-state index contributed by atoms with van der Waals surface area (Å²) in [6.45, 7) is 3.94. The van der Waals surface area contributed by atoms with Gasteiger partial charge in [0.1, 0.15) is 5.82 Å². The highest BCUT2D eigenvalue weighted by atomic mass is 19.4. The summed E-state index contributed by atoms with van der Waals surface area (Å²) in [5.74, 6) is -0.178. The summed E-state index contributed by atoms with van der Waals surface area (Å²) in [7, 11) is 0. The molecule has 2 aromatic heterocycles. The van der Waals surface area contributed by atoms with Crippen LogP contribution in [0.2, 0.25) is 0 Å². The molecular formula is C20H23F3N4. The fourth-order valence-corrected chi connectivity index (χ4v) is 3.29. The maximum Gasteiger partial charge on any atom is 0.417 e. The van der Waals surface area contributed by atoms with Gasteiger partial charge in [-0.2, -0.15) is 13.2 Å². The number of aromatic nitrogens is 2. The quantitative estimate of drug-likeness (QED) is 0.737. The van der Waals surface area contributed by atoms with Gasteiger partial charge in [0.15, 0.2) is 0 Å². The van der Waals surface area contributed by atoms with Crippen molar-refractivity contribution in [1.29, 1.82) is 0 Å². The number of halogens is 3. The van der Waals surface area contributed by atoms with Crippen LogP contribution in [0.25, 0.3) is 16.8 Å². The molecule has 0 saturated carbocycles. The number of rotatable bonds is 4. The second-order valence-corrected chi connectivity index (χ2v) is 7.02. The summed E-state index contributed by atoms with van der Waals surface area (Å²) in [5, 5.41) is 3.26. The second kappa shape index (κ2) is 7.58. The molecule has 0 fully saturated rings. The Labute approximate surface area is 156 Å². The van der Waals surface area contributed by atoms with E-state index in [1.54, 1.807) is 6.07 Å². The van der Waals surface area contributed by atoms with Gasteiger partial charge in [0, 0.05) is 17.9 Å². The molecule has 0 radical (unpaired) electrons. The molecule has 2 heterocycles. The number of pyridine rings is 2. The van der Waals surface area contributed by atoms with Crippen molar-refractivity contribution in [2.75, 3.05) is 11.1 Å². The van der Waals surface area contributed by atoms with E-state index < -0.39 is 11.7 Å². The highest BCUT2D eigenvalue weighted by molar-refractivity contribution is 5.79. The van der Waals surface area contributed by atoms with Gasteiger partial charge in [-0.05, 0) is 63.3 Å². The maximum atomic E-state index is 13.5. The highest BCUT2D eigenvalue weighted by Gasteiger charge is 2.35. The first kappa shape index (κ1) is 19.2. The molecule has 7 heteroatoms. The molecule has 0 aromatic carbocycles. The van der Waals surface area contributed by atoms with Gasteiger partial charge in [0.2, 0.25) is 0 Å². The summed E-state index contributed by atoms with van der Waals surface area (Å²) in [4.78, 5) is 8.41. The van der Waals surface area contributed by atoms with E-state index in [9.17, 15) is 13.2 Å². The molecule has 0 unspecified atom stereocenters. The Bertz CT molecular complexity index is 857. The van der Waals surface area contributed by atoms with Crippen molar-refractivity contribution in [2.24, 2.45) is 0 Å². The molecule has 2 aromatic rings. The van der Waals surface area contributed by atoms with Crippen molar-refractivity contribution in [1.82, 2.24) is 9.97 Å². The number of nitrogens with two attached hydrogens (primary N) is 1. The van der Waals surface area contributed by atoms with Gasteiger partial charge in [0.25, 0.3) is 0 Å². The first-order valence-corrected chi connectivity index (χ1v) is 9.06. The van der Waals surface area contributed by atoms with Crippen LogP contribution in [0.4, 0.5) is 24.7 Å². The molecule has 0 aliphatic heterocycles. The third-order valence-corrected chi connectivity index (χ3v) is 4.44. The van der Waals surface area contributed by atoms with Crippen molar-refractivity contribution in [3.05, 3.63) is 41.7 Å². The molecule has 3 rings (SSSR count). The van der Waals surface area contributed by atoms with Gasteiger partial charge in [-0.1, -0.05) is 6.08 Å². The predicted molar refractivity (Wildman–Crippen MR) is 102 cm³/mol. The lowest BCUT2D eigenvalue weighted by Crippen LogP contribution is -2.13. The Morgan fingerprint density at radius 3 is 2.52 bits per heavy atom. The molecule has 3 N–H and O–H groups in total. The average molecular weight is 376 g/mol. The van der Waals surface area contributed by atoms with E-state index in [2.05, 4.69) is 21.4 Å². The third-order valence-electron chi connectivity index (χ3n) is 4.44. The van der Waals surface area contributed by atoms with Crippen LogP contribution in [0.1, 0.15) is 50.8 Å². The van der Waals surface area contributed by atoms with E-state index in [1.807, 2.05) is 19.9 Å². The molecule has 0 spiro atoms. The van der Waals surface area contributed by atoms with Gasteiger partial charge < -0.3 is 11.1 Å². The van der Waals surface area contributed by atoms with Gasteiger partial charge >= 0.3 is 6.18 Å². The van der Waals surface area contributed by atoms with Gasteiger partial charge in [-0.3, -0.25) is 0 Å². The minimum atomic E-state index is -4.54. The van der Waals surface area contributed by atoms with E-state index in [4.69, 9.17) is 5.73 Å². The SMILES string of the molecule is CC(C)Nc1cc(C2=CCCCC2)nc(-c2c(C(F)(F)F)ccnc2N)c1. The van der Waals surface area contributed by atoms with Crippen LogP contribution >= 0.6 is 0 Å². The van der Waals surface area contributed by atoms with Crippen molar-refractivity contribution >= 4 is 17.1 Å². The monoisotopic (exact) mass is 376 g/mol. The second-order valence-electron chi connectivity index (χ2n) is 7.02. The Kier molecular flexibility index (Phi) is 5.39. The van der Waals surface area contributed by atoms with E-state index in [1.165, 1.54) is 0 Å². The zero-order valence-corrected chi connectivity index (χ0v) is 15.4. The molecule has 144 valence electrons. The molecule has 0 saturated heterocycles. The van der Waals surface area contributed by atoms with E-state index in [-0.39, 0.29) is 23.1 Å². The van der Waals surface area contributed by atoms with E-state index in [0.29, 0.717) is 11.4 Å². The van der Waals surface area contributed by atoms with Crippen LogP contribution < -0.4 is 11.1 Å². The van der Waals surface area contributed by atoms with Gasteiger partial charge in [-0.15, -0.1) is 0 Å². The normalized spacial score (nSPS) is 15.0. The average Bonchev–Trinajstić information content (AvgIpc) is 2.60. The smallest absolute Gasteiger partial charge is 0.383 e. The third kappa shape index (κ3) is 4.40. The molecule has 0 amide bonds.